The SMILES string of the molecule is CC(=NNC(=O)CCn1c2ccccc2c2ccccc21)c1cccs1. The number of hydrazone groups is 1. The number of aromatic nitrogens is 1. The molecule has 4 rings (SSSR count). The number of carbonyl (C=O) groups is 1. The lowest BCUT2D eigenvalue weighted by atomic mass is 10.2. The van der Waals surface area contributed by atoms with E-state index >= 15 is 0 Å². The zero-order valence-corrected chi connectivity index (χ0v) is 15.3. The van der Waals surface area contributed by atoms with Crippen molar-refractivity contribution >= 4 is 44.8 Å². The van der Waals surface area contributed by atoms with Crippen LogP contribution in [0, 0.1) is 0 Å². The molecular formula is C21H19N3OS. The Kier molecular flexibility index (Phi) is 4.54. The Bertz CT molecular complexity index is 1040. The van der Waals surface area contributed by atoms with Gasteiger partial charge in [0.05, 0.1) is 5.71 Å². The first-order valence-electron chi connectivity index (χ1n) is 8.57. The van der Waals surface area contributed by atoms with E-state index in [2.05, 4.69) is 39.4 Å². The summed E-state index contributed by atoms with van der Waals surface area (Å²) in [5.74, 6) is -0.0808. The Labute approximate surface area is 155 Å². The van der Waals surface area contributed by atoms with E-state index in [0.29, 0.717) is 13.0 Å². The summed E-state index contributed by atoms with van der Waals surface area (Å²) in [5.41, 5.74) is 5.80. The standard InChI is InChI=1S/C21H19N3OS/c1-15(20-11-6-14-26-20)22-23-21(25)12-13-24-18-9-4-2-7-16(18)17-8-3-5-10-19(17)24/h2-11,14H,12-13H2,1H3,(H,23,25). The smallest absolute Gasteiger partial charge is 0.241 e. The van der Waals surface area contributed by atoms with Crippen LogP contribution in [0.4, 0.5) is 0 Å². The van der Waals surface area contributed by atoms with Crippen LogP contribution in [0.5, 0.6) is 0 Å². The van der Waals surface area contributed by atoms with Gasteiger partial charge < -0.3 is 4.57 Å². The fraction of sp³-hybridized carbons (Fsp3) is 0.143. The number of nitrogens with zero attached hydrogens (tertiary/aromatic N) is 2. The number of hydrogen-bond acceptors (Lipinski definition) is 3. The lowest BCUT2D eigenvalue weighted by Crippen LogP contribution is -2.20. The summed E-state index contributed by atoms with van der Waals surface area (Å²) in [6, 6.07) is 20.6. The zero-order valence-electron chi connectivity index (χ0n) is 14.5. The Hall–Kier alpha value is -2.92. The van der Waals surface area contributed by atoms with Crippen LogP contribution in [0.25, 0.3) is 21.8 Å². The fourth-order valence-electron chi connectivity index (χ4n) is 3.20. The second kappa shape index (κ2) is 7.14. The van der Waals surface area contributed by atoms with Crippen molar-refractivity contribution in [1.82, 2.24) is 9.99 Å². The summed E-state index contributed by atoms with van der Waals surface area (Å²) in [7, 11) is 0. The van der Waals surface area contributed by atoms with Gasteiger partial charge in [-0.15, -0.1) is 11.3 Å². The minimum absolute atomic E-state index is 0.0808. The molecule has 130 valence electrons. The molecule has 0 aliphatic carbocycles. The number of rotatable bonds is 5. The van der Waals surface area contributed by atoms with Crippen molar-refractivity contribution in [1.29, 1.82) is 0 Å². The molecule has 2 heterocycles. The maximum Gasteiger partial charge on any atom is 0.241 e. The van der Waals surface area contributed by atoms with Gasteiger partial charge in [-0.25, -0.2) is 5.43 Å². The van der Waals surface area contributed by atoms with Gasteiger partial charge in [0.15, 0.2) is 0 Å². The monoisotopic (exact) mass is 361 g/mol. The van der Waals surface area contributed by atoms with Crippen molar-refractivity contribution in [2.24, 2.45) is 5.10 Å². The zero-order chi connectivity index (χ0) is 17.9. The topological polar surface area (TPSA) is 46.4 Å². The lowest BCUT2D eigenvalue weighted by Gasteiger charge is -2.07. The second-order valence-corrected chi connectivity index (χ2v) is 7.09. The first-order chi connectivity index (χ1) is 12.7. The molecule has 0 saturated carbocycles. The van der Waals surface area contributed by atoms with Crippen molar-refractivity contribution in [3.8, 4) is 0 Å². The number of fused-ring (bicyclic) bond motifs is 3. The molecule has 0 aliphatic heterocycles. The predicted molar refractivity (Wildman–Crippen MR) is 109 cm³/mol. The molecule has 2 aromatic heterocycles. The minimum Gasteiger partial charge on any atom is -0.340 e. The van der Waals surface area contributed by atoms with E-state index in [9.17, 15) is 4.79 Å². The minimum atomic E-state index is -0.0808. The molecule has 1 N–H and O–H groups in total. The molecule has 0 unspecified atom stereocenters. The number of carbonyl (C=O) groups excluding carboxylic acids is 1. The molecule has 2 aromatic carbocycles. The predicted octanol–water partition coefficient (Wildman–Crippen LogP) is 4.79. The van der Waals surface area contributed by atoms with Crippen LogP contribution < -0.4 is 5.43 Å². The van der Waals surface area contributed by atoms with Gasteiger partial charge in [0.25, 0.3) is 0 Å². The highest BCUT2D eigenvalue weighted by atomic mass is 32.1. The van der Waals surface area contributed by atoms with Crippen molar-refractivity contribution in [3.63, 3.8) is 0 Å². The Morgan fingerprint density at radius 3 is 2.27 bits per heavy atom. The van der Waals surface area contributed by atoms with Crippen molar-refractivity contribution < 1.29 is 4.79 Å². The van der Waals surface area contributed by atoms with Crippen LogP contribution in [-0.2, 0) is 11.3 Å². The number of benzene rings is 2. The average molecular weight is 361 g/mol. The maximum absolute atomic E-state index is 12.3. The highest BCUT2D eigenvalue weighted by molar-refractivity contribution is 7.12. The molecule has 0 aliphatic rings. The van der Waals surface area contributed by atoms with Crippen LogP contribution in [-0.4, -0.2) is 16.2 Å². The highest BCUT2D eigenvalue weighted by Gasteiger charge is 2.11. The Morgan fingerprint density at radius 2 is 1.65 bits per heavy atom. The average Bonchev–Trinajstić information content (AvgIpc) is 3.31. The van der Waals surface area contributed by atoms with Gasteiger partial charge >= 0.3 is 0 Å². The number of aryl methyl sites for hydroxylation is 1. The van der Waals surface area contributed by atoms with Gasteiger partial charge in [0.1, 0.15) is 0 Å². The van der Waals surface area contributed by atoms with Crippen molar-refractivity contribution in [2.75, 3.05) is 0 Å². The number of nitrogens with one attached hydrogen (secondary N) is 1. The number of thiophene rings is 1. The molecule has 4 nitrogen and oxygen atoms in total. The maximum atomic E-state index is 12.3. The Balaban J connectivity index is 1.52. The molecule has 0 atom stereocenters. The fourth-order valence-corrected chi connectivity index (χ4v) is 3.88. The number of para-hydroxylation sites is 2. The van der Waals surface area contributed by atoms with E-state index in [-0.39, 0.29) is 5.91 Å². The second-order valence-electron chi connectivity index (χ2n) is 6.15. The summed E-state index contributed by atoms with van der Waals surface area (Å²) in [6.07, 6.45) is 0.379. The number of amides is 1. The first-order valence-corrected chi connectivity index (χ1v) is 9.45. The summed E-state index contributed by atoms with van der Waals surface area (Å²) in [6.45, 7) is 2.52. The Morgan fingerprint density at radius 1 is 1.00 bits per heavy atom. The molecule has 1 amide bonds. The van der Waals surface area contributed by atoms with Crippen LogP contribution in [0.2, 0.25) is 0 Å². The first kappa shape index (κ1) is 16.5. The van der Waals surface area contributed by atoms with E-state index in [1.54, 1.807) is 11.3 Å². The third-order valence-corrected chi connectivity index (χ3v) is 5.45. The van der Waals surface area contributed by atoms with Gasteiger partial charge in [0.2, 0.25) is 5.91 Å². The van der Waals surface area contributed by atoms with E-state index in [1.807, 2.05) is 48.7 Å². The van der Waals surface area contributed by atoms with Crippen LogP contribution in [0.3, 0.4) is 0 Å². The molecule has 5 heteroatoms. The summed E-state index contributed by atoms with van der Waals surface area (Å²) >= 11 is 1.61. The van der Waals surface area contributed by atoms with E-state index in [4.69, 9.17) is 0 Å². The van der Waals surface area contributed by atoms with Gasteiger partial charge in [0, 0.05) is 39.6 Å². The van der Waals surface area contributed by atoms with Crippen LogP contribution in [0.1, 0.15) is 18.2 Å². The lowest BCUT2D eigenvalue weighted by molar-refractivity contribution is -0.121. The summed E-state index contributed by atoms with van der Waals surface area (Å²) in [4.78, 5) is 13.3. The van der Waals surface area contributed by atoms with Gasteiger partial charge in [-0.3, -0.25) is 4.79 Å². The number of hydrogen-bond donors (Lipinski definition) is 1. The molecule has 26 heavy (non-hydrogen) atoms. The third kappa shape index (κ3) is 3.13. The van der Waals surface area contributed by atoms with E-state index in [1.165, 1.54) is 10.8 Å². The van der Waals surface area contributed by atoms with Gasteiger partial charge in [-0.2, -0.15) is 5.10 Å². The molecule has 0 fully saturated rings. The van der Waals surface area contributed by atoms with Crippen molar-refractivity contribution in [3.05, 3.63) is 70.9 Å². The van der Waals surface area contributed by atoms with Crippen LogP contribution >= 0.6 is 11.3 Å². The van der Waals surface area contributed by atoms with Gasteiger partial charge in [-0.1, -0.05) is 42.5 Å². The third-order valence-electron chi connectivity index (χ3n) is 4.47. The van der Waals surface area contributed by atoms with E-state index in [0.717, 1.165) is 21.6 Å². The van der Waals surface area contributed by atoms with E-state index < -0.39 is 0 Å². The molecule has 4 aromatic rings. The molecule has 0 radical (unpaired) electrons. The summed E-state index contributed by atoms with van der Waals surface area (Å²) < 4.78 is 2.21. The summed E-state index contributed by atoms with van der Waals surface area (Å²) in [5, 5.41) is 8.64. The largest absolute Gasteiger partial charge is 0.340 e. The molecule has 0 bridgehead atoms. The molecule has 0 spiro atoms. The van der Waals surface area contributed by atoms with Crippen molar-refractivity contribution in [2.45, 2.75) is 19.9 Å². The molecular weight excluding hydrogens is 342 g/mol. The highest BCUT2D eigenvalue weighted by Crippen LogP contribution is 2.28. The molecule has 0 saturated heterocycles. The normalized spacial score (nSPS) is 12.0. The van der Waals surface area contributed by atoms with Gasteiger partial charge in [-0.05, 0) is 30.5 Å². The quantitative estimate of drug-likeness (QED) is 0.403. The van der Waals surface area contributed by atoms with Crippen LogP contribution in [0.15, 0.2) is 71.1 Å².